The van der Waals surface area contributed by atoms with Crippen molar-refractivity contribution in [3.05, 3.63) is 34.6 Å². The molecule has 8 heteroatoms. The van der Waals surface area contributed by atoms with Crippen LogP contribution in [0.2, 0.25) is 5.02 Å². The molecule has 0 aromatic heterocycles. The summed E-state index contributed by atoms with van der Waals surface area (Å²) in [7, 11) is 1.48. The summed E-state index contributed by atoms with van der Waals surface area (Å²) in [5, 5.41) is 6.21. The molecule has 2 rings (SSSR count). The van der Waals surface area contributed by atoms with Gasteiger partial charge in [-0.1, -0.05) is 17.7 Å². The Hall–Kier alpha value is -0.920. The van der Waals surface area contributed by atoms with Crippen molar-refractivity contribution in [2.24, 2.45) is 5.92 Å². The Labute approximate surface area is 152 Å². The average molecular weight is 381 g/mol. The van der Waals surface area contributed by atoms with Gasteiger partial charge in [0.15, 0.2) is 0 Å². The fraction of sp³-hybridized carbons (Fsp3) is 0.562. The highest BCUT2D eigenvalue weighted by atomic mass is 35.5. The molecule has 0 spiro atoms. The Morgan fingerprint density at radius 2 is 2.33 bits per heavy atom. The van der Waals surface area contributed by atoms with Crippen molar-refractivity contribution in [3.8, 4) is 0 Å². The average Bonchev–Trinajstić information content (AvgIpc) is 2.76. The van der Waals surface area contributed by atoms with Crippen molar-refractivity contribution < 1.29 is 18.7 Å². The quantitative estimate of drug-likeness (QED) is 0.794. The van der Waals surface area contributed by atoms with Crippen LogP contribution in [0.5, 0.6) is 0 Å². The first kappa shape index (κ1) is 21.1. The van der Waals surface area contributed by atoms with Crippen LogP contribution in [0.1, 0.15) is 18.1 Å². The Bertz CT molecular complexity index is 534. The number of hydrogen-bond acceptors (Lipinski definition) is 4. The van der Waals surface area contributed by atoms with E-state index in [0.717, 1.165) is 25.1 Å². The molecule has 136 valence electrons. The van der Waals surface area contributed by atoms with Crippen LogP contribution in [0.25, 0.3) is 0 Å². The van der Waals surface area contributed by atoms with Crippen molar-refractivity contribution in [2.45, 2.75) is 12.5 Å². The van der Waals surface area contributed by atoms with Gasteiger partial charge in [0.2, 0.25) is 5.91 Å². The van der Waals surface area contributed by atoms with Gasteiger partial charge in [-0.3, -0.25) is 4.79 Å². The van der Waals surface area contributed by atoms with Crippen molar-refractivity contribution in [2.75, 3.05) is 40.0 Å². The summed E-state index contributed by atoms with van der Waals surface area (Å²) in [5.74, 6) is -0.470. The van der Waals surface area contributed by atoms with Crippen LogP contribution in [0, 0.1) is 11.7 Å². The molecule has 0 bridgehead atoms. The molecule has 1 aliphatic rings. The minimum absolute atomic E-state index is 0. The molecule has 1 aromatic rings. The molecule has 1 heterocycles. The van der Waals surface area contributed by atoms with Crippen LogP contribution in [0.3, 0.4) is 0 Å². The van der Waals surface area contributed by atoms with Crippen LogP contribution >= 0.6 is 24.0 Å². The molecular weight excluding hydrogens is 358 g/mol. The van der Waals surface area contributed by atoms with Gasteiger partial charge in [-0.15, -0.1) is 12.4 Å². The second kappa shape index (κ2) is 10.8. The number of carbonyl (C=O) groups is 1. The van der Waals surface area contributed by atoms with Crippen LogP contribution in [0.4, 0.5) is 4.39 Å². The zero-order valence-electron chi connectivity index (χ0n) is 13.5. The summed E-state index contributed by atoms with van der Waals surface area (Å²) in [5.41, 5.74) is 0.767. The van der Waals surface area contributed by atoms with Crippen LogP contribution in [-0.2, 0) is 14.3 Å². The first-order chi connectivity index (χ1) is 11.1. The third kappa shape index (κ3) is 6.18. The first-order valence-electron chi connectivity index (χ1n) is 7.64. The number of benzene rings is 1. The summed E-state index contributed by atoms with van der Waals surface area (Å²) >= 11 is 5.75. The molecule has 1 fully saturated rings. The fourth-order valence-electron chi connectivity index (χ4n) is 2.68. The summed E-state index contributed by atoms with van der Waals surface area (Å²) in [6.45, 7) is 2.62. The van der Waals surface area contributed by atoms with E-state index in [2.05, 4.69) is 10.6 Å². The van der Waals surface area contributed by atoms with E-state index in [0.29, 0.717) is 13.2 Å². The van der Waals surface area contributed by atoms with Gasteiger partial charge in [-0.05, 0) is 24.1 Å². The predicted octanol–water partition coefficient (Wildman–Crippen LogP) is 2.33. The molecule has 0 unspecified atom stereocenters. The molecule has 1 saturated heterocycles. The maximum absolute atomic E-state index is 13.7. The van der Waals surface area contributed by atoms with Gasteiger partial charge in [0.05, 0.1) is 17.7 Å². The molecule has 2 N–H and O–H groups in total. The smallest absolute Gasteiger partial charge is 0.245 e. The molecule has 2 atom stereocenters. The molecule has 1 aliphatic heterocycles. The highest BCUT2D eigenvalue weighted by Crippen LogP contribution is 2.31. The normalized spacial score (nSPS) is 20.8. The van der Waals surface area contributed by atoms with E-state index in [9.17, 15) is 9.18 Å². The zero-order valence-corrected chi connectivity index (χ0v) is 15.1. The lowest BCUT2D eigenvalue weighted by Crippen LogP contribution is -2.32. The van der Waals surface area contributed by atoms with Gasteiger partial charge in [0.25, 0.3) is 0 Å². The number of amides is 1. The molecule has 0 aliphatic carbocycles. The molecular formula is C16H23Cl2FN2O3. The summed E-state index contributed by atoms with van der Waals surface area (Å²) < 4.78 is 24.4. The Morgan fingerprint density at radius 3 is 3.04 bits per heavy atom. The third-order valence-corrected chi connectivity index (χ3v) is 4.10. The van der Waals surface area contributed by atoms with E-state index in [1.807, 2.05) is 0 Å². The predicted molar refractivity (Wildman–Crippen MR) is 93.2 cm³/mol. The van der Waals surface area contributed by atoms with Crippen molar-refractivity contribution >= 4 is 29.9 Å². The monoisotopic (exact) mass is 380 g/mol. The van der Waals surface area contributed by atoms with E-state index in [4.69, 9.17) is 21.1 Å². The number of carbonyl (C=O) groups excluding carboxylic acids is 1. The van der Waals surface area contributed by atoms with Gasteiger partial charge in [0, 0.05) is 32.7 Å². The van der Waals surface area contributed by atoms with E-state index in [-0.39, 0.29) is 42.0 Å². The standard InChI is InChI=1S/C16H22ClFN2O3.ClH/c1-22-10-15(21)20-5-4-12-9-19-6-7-23-16(12)11-2-3-13(17)14(18)8-11;/h2-3,8,12,16,19H,4-7,9-10H2,1H3,(H,20,21);1H/t12-,16+;/m1./s1. The van der Waals surface area contributed by atoms with Gasteiger partial charge in [0.1, 0.15) is 12.4 Å². The molecule has 0 radical (unpaired) electrons. The number of hydrogen-bond donors (Lipinski definition) is 2. The van der Waals surface area contributed by atoms with Crippen LogP contribution in [0.15, 0.2) is 18.2 Å². The fourth-order valence-corrected chi connectivity index (χ4v) is 2.80. The SMILES string of the molecule is COCC(=O)NCC[C@@H]1CNCCO[C@H]1c1ccc(Cl)c(F)c1.Cl. The maximum Gasteiger partial charge on any atom is 0.245 e. The number of halogens is 3. The minimum Gasteiger partial charge on any atom is -0.375 e. The lowest BCUT2D eigenvalue weighted by Gasteiger charge is -2.25. The Kier molecular flexibility index (Phi) is 9.54. The highest BCUT2D eigenvalue weighted by Gasteiger charge is 2.26. The van der Waals surface area contributed by atoms with E-state index >= 15 is 0 Å². The van der Waals surface area contributed by atoms with Crippen molar-refractivity contribution in [1.29, 1.82) is 0 Å². The number of rotatable bonds is 6. The topological polar surface area (TPSA) is 59.6 Å². The molecule has 5 nitrogen and oxygen atoms in total. The van der Waals surface area contributed by atoms with Gasteiger partial charge in [-0.25, -0.2) is 4.39 Å². The molecule has 1 aromatic carbocycles. The third-order valence-electron chi connectivity index (χ3n) is 3.80. The summed E-state index contributed by atoms with van der Waals surface area (Å²) in [4.78, 5) is 11.4. The van der Waals surface area contributed by atoms with Crippen LogP contribution in [-0.4, -0.2) is 45.9 Å². The van der Waals surface area contributed by atoms with Crippen molar-refractivity contribution in [3.63, 3.8) is 0 Å². The number of ether oxygens (including phenoxy) is 2. The largest absolute Gasteiger partial charge is 0.375 e. The van der Waals surface area contributed by atoms with Gasteiger partial charge in [-0.2, -0.15) is 0 Å². The maximum atomic E-state index is 13.7. The van der Waals surface area contributed by atoms with Gasteiger partial charge < -0.3 is 20.1 Å². The minimum atomic E-state index is -0.447. The number of nitrogens with one attached hydrogen (secondary N) is 2. The van der Waals surface area contributed by atoms with E-state index in [1.54, 1.807) is 12.1 Å². The Morgan fingerprint density at radius 1 is 1.54 bits per heavy atom. The zero-order chi connectivity index (χ0) is 16.7. The number of methoxy groups -OCH3 is 1. The first-order valence-corrected chi connectivity index (χ1v) is 8.02. The Balaban J connectivity index is 0.00000288. The second-order valence-electron chi connectivity index (χ2n) is 5.50. The molecule has 0 saturated carbocycles. The summed E-state index contributed by atoms with van der Waals surface area (Å²) in [6, 6.07) is 4.76. The van der Waals surface area contributed by atoms with E-state index in [1.165, 1.54) is 13.2 Å². The molecule has 24 heavy (non-hydrogen) atoms. The highest BCUT2D eigenvalue weighted by molar-refractivity contribution is 6.30. The van der Waals surface area contributed by atoms with E-state index < -0.39 is 5.82 Å². The van der Waals surface area contributed by atoms with Crippen LogP contribution < -0.4 is 10.6 Å². The lowest BCUT2D eigenvalue weighted by atomic mass is 9.92. The summed E-state index contributed by atoms with van der Waals surface area (Å²) in [6.07, 6.45) is 0.494. The lowest BCUT2D eigenvalue weighted by molar-refractivity contribution is -0.124. The van der Waals surface area contributed by atoms with Crippen molar-refractivity contribution in [1.82, 2.24) is 10.6 Å². The second-order valence-corrected chi connectivity index (χ2v) is 5.91. The van der Waals surface area contributed by atoms with Gasteiger partial charge >= 0.3 is 0 Å². The molecule has 1 amide bonds.